The van der Waals surface area contributed by atoms with Crippen LogP contribution in [-0.2, 0) is 0 Å². The minimum atomic E-state index is 0.227. The Labute approximate surface area is 132 Å². The molecule has 112 valence electrons. The van der Waals surface area contributed by atoms with Gasteiger partial charge in [0.05, 0.1) is 0 Å². The van der Waals surface area contributed by atoms with Gasteiger partial charge in [-0.1, -0.05) is 60.1 Å². The number of likely N-dealkylation sites (N-methyl/N-ethyl adjacent to an activating group) is 1. The molecule has 2 unspecified atom stereocenters. The monoisotopic (exact) mass is 302 g/mol. The second kappa shape index (κ2) is 7.60. The maximum Gasteiger partial charge on any atom is 0.0467 e. The molecular formula is C18H23ClN2. The molecule has 21 heavy (non-hydrogen) atoms. The summed E-state index contributed by atoms with van der Waals surface area (Å²) in [5.41, 5.74) is 2.46. The third-order valence-electron chi connectivity index (χ3n) is 3.80. The Balaban J connectivity index is 2.04. The molecule has 0 spiro atoms. The van der Waals surface area contributed by atoms with Crippen molar-refractivity contribution in [3.8, 4) is 0 Å². The standard InChI is InChI=1S/C18H23ClN2/c1-14(16-11-7-8-12-17(16)19)20-13-18(21(2)3)15-9-5-4-6-10-15/h4-12,14,18,20H,13H2,1-3H3. The van der Waals surface area contributed by atoms with Crippen LogP contribution in [0.1, 0.15) is 30.1 Å². The van der Waals surface area contributed by atoms with Gasteiger partial charge in [-0.2, -0.15) is 0 Å². The average molecular weight is 303 g/mol. The molecule has 3 heteroatoms. The molecule has 2 nitrogen and oxygen atoms in total. The van der Waals surface area contributed by atoms with Gasteiger partial charge >= 0.3 is 0 Å². The van der Waals surface area contributed by atoms with Crippen LogP contribution < -0.4 is 5.32 Å². The van der Waals surface area contributed by atoms with Gasteiger partial charge in [-0.3, -0.25) is 0 Å². The van der Waals surface area contributed by atoms with E-state index in [1.165, 1.54) is 5.56 Å². The van der Waals surface area contributed by atoms with Crippen molar-refractivity contribution in [2.75, 3.05) is 20.6 Å². The quantitative estimate of drug-likeness (QED) is 0.856. The molecule has 0 radical (unpaired) electrons. The molecule has 0 aromatic heterocycles. The highest BCUT2D eigenvalue weighted by molar-refractivity contribution is 6.31. The summed E-state index contributed by atoms with van der Waals surface area (Å²) in [4.78, 5) is 2.24. The Morgan fingerprint density at radius 3 is 2.24 bits per heavy atom. The Bertz CT molecular complexity index is 554. The first-order chi connectivity index (χ1) is 10.1. The van der Waals surface area contributed by atoms with Crippen molar-refractivity contribution in [1.82, 2.24) is 10.2 Å². The van der Waals surface area contributed by atoms with Crippen LogP contribution in [0.25, 0.3) is 0 Å². The van der Waals surface area contributed by atoms with Crippen LogP contribution >= 0.6 is 11.6 Å². The SMILES string of the molecule is CC(NCC(c1ccccc1)N(C)C)c1ccccc1Cl. The summed E-state index contributed by atoms with van der Waals surface area (Å²) in [6, 6.07) is 19.1. The summed E-state index contributed by atoms with van der Waals surface area (Å²) >= 11 is 6.26. The zero-order valence-corrected chi connectivity index (χ0v) is 13.6. The van der Waals surface area contributed by atoms with Crippen molar-refractivity contribution in [2.45, 2.75) is 19.0 Å². The Hall–Kier alpha value is -1.35. The fourth-order valence-corrected chi connectivity index (χ4v) is 2.80. The zero-order valence-electron chi connectivity index (χ0n) is 12.9. The lowest BCUT2D eigenvalue weighted by Gasteiger charge is -2.27. The summed E-state index contributed by atoms with van der Waals surface area (Å²) in [6.07, 6.45) is 0. The van der Waals surface area contributed by atoms with Crippen LogP contribution in [0.15, 0.2) is 54.6 Å². The maximum absolute atomic E-state index is 6.26. The second-order valence-corrected chi connectivity index (χ2v) is 5.95. The Morgan fingerprint density at radius 1 is 1.00 bits per heavy atom. The molecule has 2 rings (SSSR count). The fraction of sp³-hybridized carbons (Fsp3) is 0.333. The summed E-state index contributed by atoms with van der Waals surface area (Å²) < 4.78 is 0. The van der Waals surface area contributed by atoms with E-state index < -0.39 is 0 Å². The van der Waals surface area contributed by atoms with Gasteiger partial charge < -0.3 is 10.2 Å². The van der Waals surface area contributed by atoms with Gasteiger partial charge in [-0.25, -0.2) is 0 Å². The topological polar surface area (TPSA) is 15.3 Å². The fourth-order valence-electron chi connectivity index (χ4n) is 2.50. The summed E-state index contributed by atoms with van der Waals surface area (Å²) in [5, 5.41) is 4.41. The number of benzene rings is 2. The molecule has 0 heterocycles. The van der Waals surface area contributed by atoms with E-state index in [0.29, 0.717) is 6.04 Å². The van der Waals surface area contributed by atoms with Gasteiger partial charge in [0.15, 0.2) is 0 Å². The highest BCUT2D eigenvalue weighted by atomic mass is 35.5. The summed E-state index contributed by atoms with van der Waals surface area (Å²) in [5.74, 6) is 0. The molecule has 0 saturated carbocycles. The lowest BCUT2D eigenvalue weighted by Crippen LogP contribution is -2.32. The van der Waals surface area contributed by atoms with Crippen molar-refractivity contribution in [2.24, 2.45) is 0 Å². The molecule has 0 aliphatic rings. The second-order valence-electron chi connectivity index (χ2n) is 5.54. The summed E-state index contributed by atoms with van der Waals surface area (Å²) in [6.45, 7) is 3.03. The van der Waals surface area contributed by atoms with Crippen molar-refractivity contribution in [3.63, 3.8) is 0 Å². The van der Waals surface area contributed by atoms with Crippen LogP contribution in [0, 0.1) is 0 Å². The van der Waals surface area contributed by atoms with Gasteiger partial charge in [0, 0.05) is 23.7 Å². The lowest BCUT2D eigenvalue weighted by atomic mass is 10.0. The van der Waals surface area contributed by atoms with Crippen molar-refractivity contribution in [3.05, 3.63) is 70.7 Å². The van der Waals surface area contributed by atoms with Gasteiger partial charge in [-0.05, 0) is 38.2 Å². The van der Waals surface area contributed by atoms with Crippen molar-refractivity contribution < 1.29 is 0 Å². The van der Waals surface area contributed by atoms with Crippen LogP contribution in [0.5, 0.6) is 0 Å². The number of rotatable bonds is 6. The van der Waals surface area contributed by atoms with Crippen LogP contribution in [-0.4, -0.2) is 25.5 Å². The van der Waals surface area contributed by atoms with E-state index in [-0.39, 0.29) is 6.04 Å². The molecule has 0 aliphatic carbocycles. The molecule has 0 aliphatic heterocycles. The smallest absolute Gasteiger partial charge is 0.0467 e. The molecule has 2 atom stereocenters. The summed E-state index contributed by atoms with van der Waals surface area (Å²) in [7, 11) is 4.22. The van der Waals surface area contributed by atoms with Gasteiger partial charge in [-0.15, -0.1) is 0 Å². The normalized spacial score (nSPS) is 14.1. The molecule has 1 N–H and O–H groups in total. The van der Waals surface area contributed by atoms with Crippen LogP contribution in [0.3, 0.4) is 0 Å². The van der Waals surface area contributed by atoms with E-state index in [1.54, 1.807) is 0 Å². The minimum Gasteiger partial charge on any atom is -0.308 e. The molecule has 0 bridgehead atoms. The third-order valence-corrected chi connectivity index (χ3v) is 4.14. The van der Waals surface area contributed by atoms with Gasteiger partial charge in [0.1, 0.15) is 0 Å². The van der Waals surface area contributed by atoms with E-state index in [4.69, 9.17) is 11.6 Å². The zero-order chi connectivity index (χ0) is 15.2. The minimum absolute atomic E-state index is 0.227. The number of hydrogen-bond donors (Lipinski definition) is 1. The van der Waals surface area contributed by atoms with Crippen LogP contribution in [0.4, 0.5) is 0 Å². The van der Waals surface area contributed by atoms with Crippen molar-refractivity contribution in [1.29, 1.82) is 0 Å². The lowest BCUT2D eigenvalue weighted by molar-refractivity contribution is 0.282. The largest absolute Gasteiger partial charge is 0.308 e. The number of halogens is 1. The Morgan fingerprint density at radius 2 is 1.62 bits per heavy atom. The maximum atomic E-state index is 6.26. The van der Waals surface area contributed by atoms with Gasteiger partial charge in [0.2, 0.25) is 0 Å². The van der Waals surface area contributed by atoms with E-state index in [2.05, 4.69) is 67.6 Å². The van der Waals surface area contributed by atoms with E-state index >= 15 is 0 Å². The number of hydrogen-bond acceptors (Lipinski definition) is 2. The van der Waals surface area contributed by atoms with Crippen LogP contribution in [0.2, 0.25) is 5.02 Å². The number of nitrogens with one attached hydrogen (secondary N) is 1. The molecular weight excluding hydrogens is 280 g/mol. The highest BCUT2D eigenvalue weighted by Crippen LogP contribution is 2.23. The van der Waals surface area contributed by atoms with Crippen molar-refractivity contribution >= 4 is 11.6 Å². The molecule has 0 amide bonds. The first kappa shape index (κ1) is 16.0. The van der Waals surface area contributed by atoms with E-state index in [0.717, 1.165) is 17.1 Å². The molecule has 2 aromatic carbocycles. The third kappa shape index (κ3) is 4.31. The van der Waals surface area contributed by atoms with E-state index in [1.807, 2.05) is 18.2 Å². The Kier molecular flexibility index (Phi) is 5.80. The molecule has 0 saturated heterocycles. The molecule has 0 fully saturated rings. The predicted octanol–water partition coefficient (Wildman–Crippen LogP) is 4.29. The van der Waals surface area contributed by atoms with E-state index in [9.17, 15) is 0 Å². The predicted molar refractivity (Wildman–Crippen MR) is 90.7 cm³/mol. The number of nitrogens with zero attached hydrogens (tertiary/aromatic N) is 1. The first-order valence-corrected chi connectivity index (χ1v) is 7.66. The highest BCUT2D eigenvalue weighted by Gasteiger charge is 2.16. The first-order valence-electron chi connectivity index (χ1n) is 7.28. The average Bonchev–Trinajstić information content (AvgIpc) is 2.48. The van der Waals surface area contributed by atoms with Gasteiger partial charge in [0.25, 0.3) is 0 Å². The molecule has 2 aromatic rings.